The number of rotatable bonds is 7. The van der Waals surface area contributed by atoms with E-state index < -0.39 is 0 Å². The van der Waals surface area contributed by atoms with Crippen LogP contribution in [0.25, 0.3) is 95.0 Å². The number of aryl methyl sites for hydroxylation is 2. The minimum absolute atomic E-state index is 0.312. The average molecular weight is 749 g/mol. The monoisotopic (exact) mass is 748 g/mol. The smallest absolute Gasteiger partial charge is 0.164 e. The maximum atomic E-state index is 15.0. The maximum Gasteiger partial charge on any atom is 0.164 e. The summed E-state index contributed by atoms with van der Waals surface area (Å²) in [5.41, 5.74) is 14.1. The van der Waals surface area contributed by atoms with Gasteiger partial charge in [0, 0.05) is 33.2 Å². The topological polar surface area (TPSA) is 43.6 Å². The molecule has 0 N–H and O–H groups in total. The van der Waals surface area contributed by atoms with E-state index in [2.05, 4.69) is 122 Å². The number of benzene rings is 8. The van der Waals surface area contributed by atoms with E-state index in [1.807, 2.05) is 66.7 Å². The largest absolute Gasteiger partial charge is 0.309 e. The Labute approximate surface area is 336 Å². The Kier molecular flexibility index (Phi) is 8.76. The van der Waals surface area contributed by atoms with Gasteiger partial charge >= 0.3 is 0 Å². The fraction of sp³-hybridized carbons (Fsp3) is 0.0377. The van der Waals surface area contributed by atoms with Crippen LogP contribution in [0.15, 0.2) is 188 Å². The van der Waals surface area contributed by atoms with Crippen LogP contribution < -0.4 is 0 Å². The number of fused-ring (bicyclic) bond motifs is 3. The highest BCUT2D eigenvalue weighted by Gasteiger charge is 2.20. The average Bonchev–Trinajstić information content (AvgIpc) is 3.60. The number of hydrogen-bond acceptors (Lipinski definition) is 3. The predicted octanol–water partition coefficient (Wildman–Crippen LogP) is 13.7. The quantitative estimate of drug-likeness (QED) is 0.163. The van der Waals surface area contributed by atoms with Crippen LogP contribution in [-0.2, 0) is 0 Å². The van der Waals surface area contributed by atoms with Crippen LogP contribution in [0.3, 0.4) is 0 Å². The molecule has 0 amide bonds. The first-order valence-electron chi connectivity index (χ1n) is 19.5. The minimum atomic E-state index is -0.312. The lowest BCUT2D eigenvalue weighted by atomic mass is 9.97. The van der Waals surface area contributed by atoms with E-state index in [4.69, 9.17) is 15.0 Å². The zero-order valence-electron chi connectivity index (χ0n) is 32.1. The fourth-order valence-corrected chi connectivity index (χ4v) is 7.84. The van der Waals surface area contributed by atoms with E-state index in [-0.39, 0.29) is 5.82 Å². The van der Waals surface area contributed by atoms with Crippen LogP contribution >= 0.6 is 0 Å². The van der Waals surface area contributed by atoms with Crippen molar-refractivity contribution < 1.29 is 4.39 Å². The summed E-state index contributed by atoms with van der Waals surface area (Å²) in [6.45, 7) is 4.22. The molecule has 8 aromatic carbocycles. The van der Waals surface area contributed by atoms with Gasteiger partial charge in [0.05, 0.1) is 11.0 Å². The van der Waals surface area contributed by atoms with Crippen molar-refractivity contribution in [2.45, 2.75) is 13.8 Å². The summed E-state index contributed by atoms with van der Waals surface area (Å²) in [4.78, 5) is 15.3. The first-order valence-corrected chi connectivity index (χ1v) is 19.5. The van der Waals surface area contributed by atoms with Gasteiger partial charge in [-0.2, -0.15) is 0 Å². The number of nitrogens with zero attached hydrogens (tertiary/aromatic N) is 4. The third kappa shape index (κ3) is 6.53. The molecule has 0 fully saturated rings. The molecule has 10 rings (SSSR count). The second-order valence-electron chi connectivity index (χ2n) is 14.8. The van der Waals surface area contributed by atoms with Crippen LogP contribution in [0.2, 0.25) is 0 Å². The van der Waals surface area contributed by atoms with Crippen molar-refractivity contribution in [3.8, 4) is 73.2 Å². The van der Waals surface area contributed by atoms with Gasteiger partial charge in [0.2, 0.25) is 0 Å². The molecule has 0 radical (unpaired) electrons. The van der Waals surface area contributed by atoms with E-state index in [0.29, 0.717) is 17.5 Å². The van der Waals surface area contributed by atoms with Crippen molar-refractivity contribution in [3.63, 3.8) is 0 Å². The second-order valence-corrected chi connectivity index (χ2v) is 14.8. The van der Waals surface area contributed by atoms with E-state index in [9.17, 15) is 4.39 Å². The Morgan fingerprint density at radius 1 is 0.362 bits per heavy atom. The van der Waals surface area contributed by atoms with Crippen LogP contribution in [0.4, 0.5) is 4.39 Å². The Balaban J connectivity index is 1.26. The standard InChI is InChI=1S/C53H37FN4/c1-34-16-20-36(21-17-34)40-24-27-46-47-28-25-41(37-22-18-35(2)19-23-37)32-50(47)58(49(46)31-40)44-26-29-45(42-14-9-15-43(54)30-42)48(33-44)53-56-51(38-10-5-3-6-11-38)55-52(57-53)39-12-7-4-8-13-39/h3-33H,1-2H3. The summed E-state index contributed by atoms with van der Waals surface area (Å²) in [7, 11) is 0. The molecule has 0 aliphatic carbocycles. The van der Waals surface area contributed by atoms with Crippen molar-refractivity contribution in [3.05, 3.63) is 205 Å². The lowest BCUT2D eigenvalue weighted by Gasteiger charge is -2.16. The molecule has 0 atom stereocenters. The third-order valence-corrected chi connectivity index (χ3v) is 10.9. The van der Waals surface area contributed by atoms with Gasteiger partial charge in [-0.05, 0) is 83.6 Å². The van der Waals surface area contributed by atoms with E-state index >= 15 is 0 Å². The van der Waals surface area contributed by atoms with Crippen LogP contribution in [-0.4, -0.2) is 19.5 Å². The van der Waals surface area contributed by atoms with Gasteiger partial charge in [-0.25, -0.2) is 19.3 Å². The highest BCUT2D eigenvalue weighted by Crippen LogP contribution is 2.40. The van der Waals surface area contributed by atoms with Gasteiger partial charge in [0.15, 0.2) is 17.5 Å². The van der Waals surface area contributed by atoms with Crippen LogP contribution in [0, 0.1) is 19.7 Å². The van der Waals surface area contributed by atoms with Crippen molar-refractivity contribution in [1.29, 1.82) is 0 Å². The van der Waals surface area contributed by atoms with Crippen LogP contribution in [0.5, 0.6) is 0 Å². The van der Waals surface area contributed by atoms with E-state index in [1.165, 1.54) is 17.2 Å². The zero-order chi connectivity index (χ0) is 39.2. The Hall–Kier alpha value is -7.50. The normalized spacial score (nSPS) is 11.4. The molecule has 0 aliphatic heterocycles. The molecular formula is C53H37FN4. The number of hydrogen-bond donors (Lipinski definition) is 0. The molecule has 0 spiro atoms. The lowest BCUT2D eigenvalue weighted by molar-refractivity contribution is 0.628. The van der Waals surface area contributed by atoms with Crippen LogP contribution in [0.1, 0.15) is 11.1 Å². The summed E-state index contributed by atoms with van der Waals surface area (Å²) in [6, 6.07) is 63.8. The Morgan fingerprint density at radius 3 is 1.36 bits per heavy atom. The van der Waals surface area contributed by atoms with Gasteiger partial charge in [-0.1, -0.05) is 163 Å². The summed E-state index contributed by atoms with van der Waals surface area (Å²) >= 11 is 0. The summed E-state index contributed by atoms with van der Waals surface area (Å²) < 4.78 is 17.3. The zero-order valence-corrected chi connectivity index (χ0v) is 32.1. The predicted molar refractivity (Wildman–Crippen MR) is 236 cm³/mol. The van der Waals surface area contributed by atoms with E-state index in [1.54, 1.807) is 12.1 Å². The first kappa shape index (κ1) is 35.0. The highest BCUT2D eigenvalue weighted by molar-refractivity contribution is 6.11. The van der Waals surface area contributed by atoms with Gasteiger partial charge in [-0.15, -0.1) is 0 Å². The molecule has 0 saturated carbocycles. The third-order valence-electron chi connectivity index (χ3n) is 10.9. The molecule has 2 aromatic heterocycles. The number of aromatic nitrogens is 4. The molecule has 0 unspecified atom stereocenters. The van der Waals surface area contributed by atoms with Gasteiger partial charge in [0.1, 0.15) is 5.82 Å². The summed E-state index contributed by atoms with van der Waals surface area (Å²) in [6.07, 6.45) is 0. The SMILES string of the molecule is Cc1ccc(-c2ccc3c4ccc(-c5ccc(C)cc5)cc4n(-c4ccc(-c5cccc(F)c5)c(-c5nc(-c6ccccc6)nc(-c6ccccc6)n5)c4)c3c2)cc1. The maximum absolute atomic E-state index is 15.0. The molecule has 10 aromatic rings. The Bertz CT molecular complexity index is 2950. The first-order chi connectivity index (χ1) is 28.4. The van der Waals surface area contributed by atoms with Crippen molar-refractivity contribution in [2.75, 3.05) is 0 Å². The molecule has 0 saturated heterocycles. The van der Waals surface area contributed by atoms with Gasteiger partial charge in [0.25, 0.3) is 0 Å². The van der Waals surface area contributed by atoms with Crippen molar-refractivity contribution >= 4 is 21.8 Å². The second kappa shape index (κ2) is 14.5. The van der Waals surface area contributed by atoms with E-state index in [0.717, 1.165) is 77.6 Å². The molecule has 2 heterocycles. The van der Waals surface area contributed by atoms with Gasteiger partial charge < -0.3 is 4.57 Å². The molecule has 0 aliphatic rings. The molecule has 0 bridgehead atoms. The summed E-state index contributed by atoms with van der Waals surface area (Å²) in [5, 5.41) is 2.30. The minimum Gasteiger partial charge on any atom is -0.309 e. The lowest BCUT2D eigenvalue weighted by Crippen LogP contribution is -2.02. The molecule has 58 heavy (non-hydrogen) atoms. The highest BCUT2D eigenvalue weighted by atomic mass is 19.1. The van der Waals surface area contributed by atoms with Gasteiger partial charge in [-0.3, -0.25) is 0 Å². The fourth-order valence-electron chi connectivity index (χ4n) is 7.84. The van der Waals surface area contributed by atoms with Crippen molar-refractivity contribution in [2.24, 2.45) is 0 Å². The molecule has 4 nitrogen and oxygen atoms in total. The molecule has 5 heteroatoms. The molecular weight excluding hydrogens is 712 g/mol. The Morgan fingerprint density at radius 2 is 0.845 bits per heavy atom. The summed E-state index contributed by atoms with van der Waals surface area (Å²) in [5.74, 6) is 1.30. The number of halogens is 1. The molecule has 276 valence electrons. The van der Waals surface area contributed by atoms with Crippen molar-refractivity contribution in [1.82, 2.24) is 19.5 Å².